The van der Waals surface area contributed by atoms with Crippen LogP contribution >= 0.6 is 0 Å². The van der Waals surface area contributed by atoms with E-state index in [0.717, 1.165) is 18.4 Å². The molecule has 0 radical (unpaired) electrons. The highest BCUT2D eigenvalue weighted by Gasteiger charge is 2.27. The lowest BCUT2D eigenvalue weighted by atomic mass is 9.98. The van der Waals surface area contributed by atoms with Crippen molar-refractivity contribution in [2.45, 2.75) is 39.2 Å². The summed E-state index contributed by atoms with van der Waals surface area (Å²) in [6, 6.07) is 11.3. The number of anilines is 2. The van der Waals surface area contributed by atoms with Crippen LogP contribution in [0.25, 0.3) is 11.3 Å². The van der Waals surface area contributed by atoms with Crippen LogP contribution in [0.1, 0.15) is 39.3 Å². The molecule has 4 rings (SSSR count). The molecule has 2 aromatic heterocycles. The van der Waals surface area contributed by atoms with Crippen LogP contribution < -0.4 is 10.1 Å². The monoisotopic (exact) mass is 476 g/mol. The van der Waals surface area contributed by atoms with E-state index in [2.05, 4.69) is 20.4 Å². The average molecular weight is 477 g/mol. The molecule has 1 saturated heterocycles. The molecule has 3 aromatic rings. The van der Waals surface area contributed by atoms with Gasteiger partial charge in [0.15, 0.2) is 17.3 Å². The SMILES string of the molecule is CC(C)(C)OC(=O)N1CCC(COc2ccccc2-c2cc(Nc3cnc(C#N)cn3)no2)CC1. The summed E-state index contributed by atoms with van der Waals surface area (Å²) in [7, 11) is 0. The summed E-state index contributed by atoms with van der Waals surface area (Å²) in [5.74, 6) is 2.49. The van der Waals surface area contributed by atoms with Crippen LogP contribution in [0.3, 0.4) is 0 Å². The zero-order chi connectivity index (χ0) is 24.8. The number of benzene rings is 1. The quantitative estimate of drug-likeness (QED) is 0.535. The van der Waals surface area contributed by atoms with Gasteiger partial charge in [0.2, 0.25) is 0 Å². The minimum atomic E-state index is -0.494. The Morgan fingerprint density at radius 2 is 1.97 bits per heavy atom. The fourth-order valence-corrected chi connectivity index (χ4v) is 3.65. The maximum atomic E-state index is 12.3. The Kier molecular flexibility index (Phi) is 7.15. The van der Waals surface area contributed by atoms with Gasteiger partial charge in [0.1, 0.15) is 23.2 Å². The number of nitrogens with zero attached hydrogens (tertiary/aromatic N) is 5. The van der Waals surface area contributed by atoms with Crippen molar-refractivity contribution < 1.29 is 18.8 Å². The molecular formula is C25H28N6O4. The minimum Gasteiger partial charge on any atom is -0.493 e. The van der Waals surface area contributed by atoms with Gasteiger partial charge in [-0.2, -0.15) is 5.26 Å². The maximum absolute atomic E-state index is 12.3. The molecule has 1 aromatic carbocycles. The third-order valence-corrected chi connectivity index (χ3v) is 5.43. The normalized spacial score (nSPS) is 14.3. The first kappa shape index (κ1) is 24.0. The van der Waals surface area contributed by atoms with Gasteiger partial charge in [-0.15, -0.1) is 0 Å². The van der Waals surface area contributed by atoms with Gasteiger partial charge in [-0.1, -0.05) is 17.3 Å². The van der Waals surface area contributed by atoms with Gasteiger partial charge in [0, 0.05) is 19.2 Å². The number of aromatic nitrogens is 3. The number of carbonyl (C=O) groups is 1. The summed E-state index contributed by atoms with van der Waals surface area (Å²) in [6.45, 7) is 7.46. The zero-order valence-electron chi connectivity index (χ0n) is 20.0. The Hall–Kier alpha value is -4.13. The third kappa shape index (κ3) is 6.47. The zero-order valence-corrected chi connectivity index (χ0v) is 20.0. The second-order valence-electron chi connectivity index (χ2n) is 9.32. The number of nitriles is 1. The van der Waals surface area contributed by atoms with Crippen molar-refractivity contribution in [3.05, 3.63) is 48.4 Å². The highest BCUT2D eigenvalue weighted by Crippen LogP contribution is 2.32. The Morgan fingerprint density at radius 1 is 1.20 bits per heavy atom. The van der Waals surface area contributed by atoms with Crippen molar-refractivity contribution in [3.8, 4) is 23.1 Å². The van der Waals surface area contributed by atoms with Gasteiger partial charge >= 0.3 is 6.09 Å². The van der Waals surface area contributed by atoms with Crippen LogP contribution in [-0.4, -0.2) is 51.4 Å². The molecule has 1 amide bonds. The number of nitrogens with one attached hydrogen (secondary N) is 1. The second kappa shape index (κ2) is 10.4. The van der Waals surface area contributed by atoms with Crippen molar-refractivity contribution in [2.75, 3.05) is 25.0 Å². The summed E-state index contributed by atoms with van der Waals surface area (Å²) >= 11 is 0. The van der Waals surface area contributed by atoms with E-state index < -0.39 is 5.60 Å². The molecule has 10 nitrogen and oxygen atoms in total. The molecule has 0 atom stereocenters. The number of para-hydroxylation sites is 1. The lowest BCUT2D eigenvalue weighted by Gasteiger charge is -2.33. The summed E-state index contributed by atoms with van der Waals surface area (Å²) in [5.41, 5.74) is 0.523. The first-order chi connectivity index (χ1) is 16.8. The summed E-state index contributed by atoms with van der Waals surface area (Å²) < 4.78 is 17.2. The fourth-order valence-electron chi connectivity index (χ4n) is 3.65. The van der Waals surface area contributed by atoms with Crippen LogP contribution in [0.5, 0.6) is 5.75 Å². The lowest BCUT2D eigenvalue weighted by molar-refractivity contribution is 0.0165. The molecule has 10 heteroatoms. The number of carbonyl (C=O) groups excluding carboxylic acids is 1. The topological polar surface area (TPSA) is 126 Å². The van der Waals surface area contributed by atoms with E-state index in [-0.39, 0.29) is 11.8 Å². The van der Waals surface area contributed by atoms with Crippen molar-refractivity contribution in [2.24, 2.45) is 5.92 Å². The van der Waals surface area contributed by atoms with Crippen LogP contribution in [0.4, 0.5) is 16.4 Å². The van der Waals surface area contributed by atoms with E-state index in [0.29, 0.717) is 48.8 Å². The molecule has 0 spiro atoms. The first-order valence-electron chi connectivity index (χ1n) is 11.5. The van der Waals surface area contributed by atoms with Crippen molar-refractivity contribution in [3.63, 3.8) is 0 Å². The van der Waals surface area contributed by atoms with Crippen LogP contribution in [0, 0.1) is 17.2 Å². The molecule has 0 saturated carbocycles. The van der Waals surface area contributed by atoms with Crippen molar-refractivity contribution in [1.29, 1.82) is 5.26 Å². The number of likely N-dealkylation sites (tertiary alicyclic amines) is 1. The maximum Gasteiger partial charge on any atom is 0.410 e. The van der Waals surface area contributed by atoms with Crippen LogP contribution in [0.2, 0.25) is 0 Å². The molecule has 0 aliphatic carbocycles. The fraction of sp³-hybridized carbons (Fsp3) is 0.400. The van der Waals surface area contributed by atoms with Crippen molar-refractivity contribution in [1.82, 2.24) is 20.0 Å². The molecule has 0 unspecified atom stereocenters. The Bertz CT molecular complexity index is 1190. The number of piperidine rings is 1. The molecule has 0 bridgehead atoms. The minimum absolute atomic E-state index is 0.234. The van der Waals surface area contributed by atoms with Gasteiger partial charge in [-0.05, 0) is 51.7 Å². The number of hydrogen-bond donors (Lipinski definition) is 1. The van der Waals surface area contributed by atoms with E-state index in [9.17, 15) is 4.79 Å². The summed E-state index contributed by atoms with van der Waals surface area (Å²) in [6.07, 6.45) is 4.28. The van der Waals surface area contributed by atoms with Gasteiger partial charge in [0.25, 0.3) is 0 Å². The summed E-state index contributed by atoms with van der Waals surface area (Å²) in [5, 5.41) is 15.9. The van der Waals surface area contributed by atoms with Crippen molar-refractivity contribution >= 4 is 17.7 Å². The number of hydrogen-bond acceptors (Lipinski definition) is 9. The number of rotatable bonds is 6. The van der Waals surface area contributed by atoms with Gasteiger partial charge in [0.05, 0.1) is 24.6 Å². The standard InChI is InChI=1S/C25H28N6O4/c1-25(2,3)34-24(32)31-10-8-17(9-11-31)16-33-20-7-5-4-6-19(20)21-12-22(30-35-21)29-23-15-27-18(13-26)14-28-23/h4-7,12,14-15,17H,8-11,16H2,1-3H3,(H,28,29,30). The Morgan fingerprint density at radius 3 is 2.66 bits per heavy atom. The molecule has 35 heavy (non-hydrogen) atoms. The van der Waals surface area contributed by atoms with Gasteiger partial charge in [-0.3, -0.25) is 0 Å². The number of amides is 1. The number of ether oxygens (including phenoxy) is 2. The summed E-state index contributed by atoms with van der Waals surface area (Å²) in [4.78, 5) is 22.1. The highest BCUT2D eigenvalue weighted by molar-refractivity contribution is 5.69. The van der Waals surface area contributed by atoms with E-state index in [1.807, 2.05) is 51.1 Å². The van der Waals surface area contributed by atoms with E-state index in [4.69, 9.17) is 19.3 Å². The molecule has 1 aliphatic rings. The molecular weight excluding hydrogens is 448 g/mol. The predicted molar refractivity (Wildman–Crippen MR) is 128 cm³/mol. The van der Waals surface area contributed by atoms with E-state index in [1.165, 1.54) is 12.4 Å². The Labute approximate surface area is 203 Å². The lowest BCUT2D eigenvalue weighted by Crippen LogP contribution is -2.42. The highest BCUT2D eigenvalue weighted by atomic mass is 16.6. The molecule has 3 heterocycles. The van der Waals surface area contributed by atoms with Gasteiger partial charge < -0.3 is 24.2 Å². The smallest absolute Gasteiger partial charge is 0.410 e. The molecule has 1 fully saturated rings. The second-order valence-corrected chi connectivity index (χ2v) is 9.32. The predicted octanol–water partition coefficient (Wildman–Crippen LogP) is 4.77. The molecule has 1 aliphatic heterocycles. The third-order valence-electron chi connectivity index (χ3n) is 5.43. The van der Waals surface area contributed by atoms with E-state index in [1.54, 1.807) is 11.0 Å². The first-order valence-corrected chi connectivity index (χ1v) is 11.5. The van der Waals surface area contributed by atoms with Gasteiger partial charge in [-0.25, -0.2) is 14.8 Å². The van der Waals surface area contributed by atoms with E-state index >= 15 is 0 Å². The van der Waals surface area contributed by atoms with Crippen LogP contribution in [-0.2, 0) is 4.74 Å². The van der Waals surface area contributed by atoms with Crippen LogP contribution in [0.15, 0.2) is 47.2 Å². The molecule has 1 N–H and O–H groups in total. The molecule has 182 valence electrons. The average Bonchev–Trinajstić information content (AvgIpc) is 3.31. The Balaban J connectivity index is 1.34. The largest absolute Gasteiger partial charge is 0.493 e.